The van der Waals surface area contributed by atoms with Gasteiger partial charge in [0.25, 0.3) is 0 Å². The van der Waals surface area contributed by atoms with Gasteiger partial charge in [-0.25, -0.2) is 14.8 Å². The van der Waals surface area contributed by atoms with E-state index >= 15 is 0 Å². The molecule has 14 heavy (non-hydrogen) atoms. The van der Waals surface area contributed by atoms with E-state index in [0.29, 0.717) is 13.2 Å². The second kappa shape index (κ2) is 3.89. The van der Waals surface area contributed by atoms with Crippen LogP contribution < -0.4 is 0 Å². The molecule has 0 radical (unpaired) electrons. The van der Waals surface area contributed by atoms with Gasteiger partial charge < -0.3 is 9.47 Å². The third-order valence-corrected chi connectivity index (χ3v) is 1.91. The third-order valence-electron chi connectivity index (χ3n) is 1.71. The fourth-order valence-electron chi connectivity index (χ4n) is 0.912. The van der Waals surface area contributed by atoms with E-state index in [9.17, 15) is 4.79 Å². The van der Waals surface area contributed by atoms with Gasteiger partial charge >= 0.3 is 5.97 Å². The Morgan fingerprint density at radius 2 is 2.29 bits per heavy atom. The lowest BCUT2D eigenvalue weighted by Gasteiger charge is -2.25. The van der Waals surface area contributed by atoms with Gasteiger partial charge in [-0.15, -0.1) is 0 Å². The Bertz CT molecular complexity index is 337. The van der Waals surface area contributed by atoms with E-state index in [1.54, 1.807) is 0 Å². The maximum atomic E-state index is 11.3. The van der Waals surface area contributed by atoms with Crippen molar-refractivity contribution in [3.63, 3.8) is 0 Å². The van der Waals surface area contributed by atoms with Crippen LogP contribution in [0.25, 0.3) is 0 Å². The molecule has 1 aromatic rings. The molecule has 0 spiro atoms. The number of hydrogen-bond donors (Lipinski definition) is 0. The van der Waals surface area contributed by atoms with E-state index in [0.717, 1.165) is 0 Å². The smallest absolute Gasteiger partial charge is 0.358 e. The van der Waals surface area contributed by atoms with E-state index in [2.05, 4.69) is 9.97 Å². The molecule has 0 unspecified atom stereocenters. The van der Waals surface area contributed by atoms with Gasteiger partial charge in [0.1, 0.15) is 11.3 Å². The molecule has 0 atom stereocenters. The molecule has 1 aromatic heterocycles. The lowest BCUT2D eigenvalue weighted by atomic mass is 10.3. The summed E-state index contributed by atoms with van der Waals surface area (Å²) in [4.78, 5) is 18.8. The Morgan fingerprint density at radius 1 is 1.50 bits per heavy atom. The Balaban J connectivity index is 1.99. The SMILES string of the molecule is O=C(OC1COC1)c1cnc(Cl)cn1. The first-order valence-electron chi connectivity index (χ1n) is 4.02. The highest BCUT2D eigenvalue weighted by Gasteiger charge is 2.23. The summed E-state index contributed by atoms with van der Waals surface area (Å²) in [6.45, 7) is 0.902. The largest absolute Gasteiger partial charge is 0.453 e. The predicted octanol–water partition coefficient (Wildman–Crippen LogP) is 0.686. The molecule has 0 amide bonds. The van der Waals surface area contributed by atoms with Crippen molar-refractivity contribution in [3.05, 3.63) is 23.2 Å². The van der Waals surface area contributed by atoms with Gasteiger partial charge in [0.15, 0.2) is 5.69 Å². The zero-order valence-corrected chi connectivity index (χ0v) is 7.90. The molecule has 2 heterocycles. The van der Waals surface area contributed by atoms with Gasteiger partial charge in [-0.1, -0.05) is 11.6 Å². The first-order valence-corrected chi connectivity index (χ1v) is 4.40. The Labute approximate surface area is 85.0 Å². The Kier molecular flexibility index (Phi) is 2.60. The van der Waals surface area contributed by atoms with Crippen LogP contribution in [-0.4, -0.2) is 35.3 Å². The van der Waals surface area contributed by atoms with Gasteiger partial charge in [-0.05, 0) is 0 Å². The number of carbonyl (C=O) groups is 1. The molecule has 0 aromatic carbocycles. The standard InChI is InChI=1S/C8H7ClN2O3/c9-7-2-10-6(1-11-7)8(12)14-5-3-13-4-5/h1-2,5H,3-4H2. The third kappa shape index (κ3) is 2.00. The molecule has 0 N–H and O–H groups in total. The van der Waals surface area contributed by atoms with Crippen molar-refractivity contribution in [3.8, 4) is 0 Å². The van der Waals surface area contributed by atoms with E-state index in [1.165, 1.54) is 12.4 Å². The maximum absolute atomic E-state index is 11.3. The van der Waals surface area contributed by atoms with Crippen LogP contribution in [0, 0.1) is 0 Å². The molecule has 0 bridgehead atoms. The van der Waals surface area contributed by atoms with E-state index in [1.807, 2.05) is 0 Å². The van der Waals surface area contributed by atoms with E-state index < -0.39 is 5.97 Å². The number of halogens is 1. The van der Waals surface area contributed by atoms with Gasteiger partial charge in [0, 0.05) is 0 Å². The zero-order valence-electron chi connectivity index (χ0n) is 7.14. The average Bonchev–Trinajstić information content (AvgIpc) is 2.12. The fraction of sp³-hybridized carbons (Fsp3) is 0.375. The summed E-state index contributed by atoms with van der Waals surface area (Å²) in [5, 5.41) is 0.244. The fourth-order valence-corrected chi connectivity index (χ4v) is 1.01. The second-order valence-corrected chi connectivity index (χ2v) is 3.18. The average molecular weight is 215 g/mol. The van der Waals surface area contributed by atoms with Crippen LogP contribution in [-0.2, 0) is 9.47 Å². The molecular weight excluding hydrogens is 208 g/mol. The molecule has 74 valence electrons. The molecule has 6 heteroatoms. The number of aromatic nitrogens is 2. The number of ether oxygens (including phenoxy) is 2. The van der Waals surface area contributed by atoms with Crippen molar-refractivity contribution in [2.75, 3.05) is 13.2 Å². The van der Waals surface area contributed by atoms with Crippen LogP contribution in [0.1, 0.15) is 10.5 Å². The summed E-state index contributed by atoms with van der Waals surface area (Å²) in [7, 11) is 0. The maximum Gasteiger partial charge on any atom is 0.358 e. The Morgan fingerprint density at radius 3 is 2.79 bits per heavy atom. The lowest BCUT2D eigenvalue weighted by Crippen LogP contribution is -2.37. The lowest BCUT2D eigenvalue weighted by molar-refractivity contribution is -0.103. The number of esters is 1. The molecular formula is C8H7ClN2O3. The highest BCUT2D eigenvalue weighted by atomic mass is 35.5. The van der Waals surface area contributed by atoms with Crippen LogP contribution in [0.5, 0.6) is 0 Å². The summed E-state index contributed by atoms with van der Waals surface area (Å²) in [5.74, 6) is -0.498. The number of carbonyl (C=O) groups excluding carboxylic acids is 1. The zero-order chi connectivity index (χ0) is 9.97. The van der Waals surface area contributed by atoms with Crippen LogP contribution in [0.3, 0.4) is 0 Å². The van der Waals surface area contributed by atoms with Crippen molar-refractivity contribution in [1.82, 2.24) is 9.97 Å². The van der Waals surface area contributed by atoms with E-state index in [-0.39, 0.29) is 17.0 Å². The van der Waals surface area contributed by atoms with Gasteiger partial charge in [-0.2, -0.15) is 0 Å². The predicted molar refractivity (Wildman–Crippen MR) is 47.1 cm³/mol. The first-order chi connectivity index (χ1) is 6.75. The van der Waals surface area contributed by atoms with Crippen LogP contribution >= 0.6 is 11.6 Å². The molecule has 1 aliphatic rings. The van der Waals surface area contributed by atoms with Crippen molar-refractivity contribution < 1.29 is 14.3 Å². The summed E-state index contributed by atoms with van der Waals surface area (Å²) < 4.78 is 9.86. The normalized spacial score (nSPS) is 16.1. The number of nitrogens with zero attached hydrogens (tertiary/aromatic N) is 2. The highest BCUT2D eigenvalue weighted by molar-refractivity contribution is 6.29. The van der Waals surface area contributed by atoms with Crippen molar-refractivity contribution >= 4 is 17.6 Å². The van der Waals surface area contributed by atoms with Crippen molar-refractivity contribution in [1.29, 1.82) is 0 Å². The van der Waals surface area contributed by atoms with Crippen LogP contribution in [0.2, 0.25) is 5.15 Å². The molecule has 1 fully saturated rings. The van der Waals surface area contributed by atoms with E-state index in [4.69, 9.17) is 21.1 Å². The van der Waals surface area contributed by atoms with Gasteiger partial charge in [-0.3, -0.25) is 0 Å². The summed E-state index contributed by atoms with van der Waals surface area (Å²) >= 11 is 5.51. The molecule has 5 nitrogen and oxygen atoms in total. The molecule has 0 aliphatic carbocycles. The van der Waals surface area contributed by atoms with Gasteiger partial charge in [0.2, 0.25) is 0 Å². The first kappa shape index (κ1) is 9.36. The Hall–Kier alpha value is -1.20. The molecule has 1 saturated heterocycles. The van der Waals surface area contributed by atoms with Crippen LogP contribution in [0.15, 0.2) is 12.4 Å². The number of rotatable bonds is 2. The summed E-state index contributed by atoms with van der Waals surface area (Å²) in [6.07, 6.45) is 2.43. The monoisotopic (exact) mass is 214 g/mol. The van der Waals surface area contributed by atoms with Crippen molar-refractivity contribution in [2.45, 2.75) is 6.10 Å². The molecule has 1 aliphatic heterocycles. The summed E-state index contributed by atoms with van der Waals surface area (Å²) in [5.41, 5.74) is 0.154. The minimum absolute atomic E-state index is 0.153. The number of hydrogen-bond acceptors (Lipinski definition) is 5. The highest BCUT2D eigenvalue weighted by Crippen LogP contribution is 2.09. The second-order valence-electron chi connectivity index (χ2n) is 2.79. The minimum Gasteiger partial charge on any atom is -0.453 e. The quantitative estimate of drug-likeness (QED) is 0.678. The van der Waals surface area contributed by atoms with Crippen molar-refractivity contribution in [2.24, 2.45) is 0 Å². The summed E-state index contributed by atoms with van der Waals surface area (Å²) in [6, 6.07) is 0. The minimum atomic E-state index is -0.498. The molecule has 0 saturated carbocycles. The molecule has 2 rings (SSSR count). The van der Waals surface area contributed by atoms with Crippen LogP contribution in [0.4, 0.5) is 0 Å². The topological polar surface area (TPSA) is 61.3 Å². The van der Waals surface area contributed by atoms with Gasteiger partial charge in [0.05, 0.1) is 25.6 Å².